The Hall–Kier alpha value is -5.65. The van der Waals surface area contributed by atoms with Crippen molar-refractivity contribution >= 4 is 34.1 Å². The number of carbonyl (C=O) groups excluding carboxylic acids is 2. The maximum absolute atomic E-state index is 13.3. The molecule has 0 saturated heterocycles. The Labute approximate surface area is 233 Å². The van der Waals surface area contributed by atoms with Gasteiger partial charge in [0.1, 0.15) is 11.5 Å². The summed E-state index contributed by atoms with van der Waals surface area (Å²) in [5, 5.41) is 17.7. The molecule has 2 amide bonds. The smallest absolute Gasteiger partial charge is 0.269 e. The van der Waals surface area contributed by atoms with Gasteiger partial charge in [-0.25, -0.2) is 4.98 Å². The van der Waals surface area contributed by atoms with E-state index in [9.17, 15) is 19.7 Å². The molecule has 1 aliphatic rings. The van der Waals surface area contributed by atoms with Crippen molar-refractivity contribution in [3.63, 3.8) is 0 Å². The number of benzene rings is 3. The number of aromatic nitrogens is 3. The van der Waals surface area contributed by atoms with Gasteiger partial charge >= 0.3 is 0 Å². The number of nitrogens with one attached hydrogen (secondary N) is 3. The van der Waals surface area contributed by atoms with E-state index in [0.29, 0.717) is 40.0 Å². The molecular weight excluding hydrogens is 528 g/mol. The van der Waals surface area contributed by atoms with E-state index in [4.69, 9.17) is 9.47 Å². The van der Waals surface area contributed by atoms with Crippen LogP contribution in [0.5, 0.6) is 11.5 Å². The molecule has 0 saturated carbocycles. The highest BCUT2D eigenvalue weighted by molar-refractivity contribution is 5.99. The third kappa shape index (κ3) is 5.17. The summed E-state index contributed by atoms with van der Waals surface area (Å²) in [5.41, 5.74) is 3.01. The van der Waals surface area contributed by atoms with E-state index in [1.54, 1.807) is 54.2 Å². The van der Waals surface area contributed by atoms with Crippen LogP contribution >= 0.6 is 0 Å². The maximum Gasteiger partial charge on any atom is 0.269 e. The van der Waals surface area contributed by atoms with E-state index in [1.165, 1.54) is 12.1 Å². The molecule has 0 spiro atoms. The number of H-pyrrole nitrogens is 1. The van der Waals surface area contributed by atoms with Crippen molar-refractivity contribution in [1.29, 1.82) is 0 Å². The topological polar surface area (TPSA) is 153 Å². The summed E-state index contributed by atoms with van der Waals surface area (Å²) in [6.07, 6.45) is 1.49. The molecule has 6 rings (SSSR count). The molecule has 12 nitrogen and oxygen atoms in total. The zero-order chi connectivity index (χ0) is 28.5. The molecule has 1 aliphatic heterocycles. The number of nitro groups is 1. The Bertz CT molecular complexity index is 1760. The van der Waals surface area contributed by atoms with Gasteiger partial charge in [-0.05, 0) is 36.4 Å². The van der Waals surface area contributed by atoms with Crippen molar-refractivity contribution in [3.8, 4) is 22.8 Å². The SMILES string of the molecule is Cn1c(-c2ccc([N+](=O)[O-])cc2)cnc1[C@H](CC(=O)Nc1ccc2c(c1)OCO2)NC(=O)c1cc2ccccc2[nH]1. The summed E-state index contributed by atoms with van der Waals surface area (Å²) in [7, 11) is 1.76. The standard InChI is InChI=1S/C29H24N6O6/c1-34-24(17-6-9-20(10-7-17)35(38)39)15-30-28(34)22(33-29(37)23-12-18-4-2-3-5-21(18)32-23)14-27(36)31-19-8-11-25-26(13-19)41-16-40-25/h2-13,15,22,32H,14,16H2,1H3,(H,31,36)(H,33,37)/t22-/m0/s1. The first-order valence-corrected chi connectivity index (χ1v) is 12.7. The van der Waals surface area contributed by atoms with E-state index >= 15 is 0 Å². The van der Waals surface area contributed by atoms with Crippen molar-refractivity contribution in [2.75, 3.05) is 12.1 Å². The minimum absolute atomic E-state index is 0.0280. The number of fused-ring (bicyclic) bond motifs is 2. The zero-order valence-corrected chi connectivity index (χ0v) is 21.8. The van der Waals surface area contributed by atoms with E-state index < -0.39 is 16.9 Å². The van der Waals surface area contributed by atoms with Gasteiger partial charge in [-0.15, -0.1) is 0 Å². The molecule has 0 bridgehead atoms. The molecule has 41 heavy (non-hydrogen) atoms. The van der Waals surface area contributed by atoms with Crippen LogP contribution in [0.25, 0.3) is 22.2 Å². The number of para-hydroxylation sites is 1. The van der Waals surface area contributed by atoms with Crippen LogP contribution < -0.4 is 20.1 Å². The molecule has 3 aromatic carbocycles. The Balaban J connectivity index is 1.28. The number of hydrogen-bond acceptors (Lipinski definition) is 7. The Morgan fingerprint density at radius 3 is 2.63 bits per heavy atom. The lowest BCUT2D eigenvalue weighted by Gasteiger charge is -2.19. The molecule has 206 valence electrons. The lowest BCUT2D eigenvalue weighted by Crippen LogP contribution is -2.33. The highest BCUT2D eigenvalue weighted by Crippen LogP contribution is 2.34. The first-order valence-electron chi connectivity index (χ1n) is 12.7. The summed E-state index contributed by atoms with van der Waals surface area (Å²) < 4.78 is 12.5. The van der Waals surface area contributed by atoms with Gasteiger partial charge in [-0.1, -0.05) is 18.2 Å². The number of aromatic amines is 1. The number of ether oxygens (including phenoxy) is 2. The summed E-state index contributed by atoms with van der Waals surface area (Å²) >= 11 is 0. The number of imidazole rings is 1. The Morgan fingerprint density at radius 2 is 1.85 bits per heavy atom. The van der Waals surface area contributed by atoms with Crippen molar-refractivity contribution in [2.45, 2.75) is 12.5 Å². The minimum Gasteiger partial charge on any atom is -0.454 e. The molecule has 5 aromatic rings. The van der Waals surface area contributed by atoms with Crippen LogP contribution in [-0.2, 0) is 11.8 Å². The monoisotopic (exact) mass is 552 g/mol. The molecule has 3 N–H and O–H groups in total. The fourth-order valence-corrected chi connectivity index (χ4v) is 4.78. The van der Waals surface area contributed by atoms with Crippen molar-refractivity contribution in [3.05, 3.63) is 101 Å². The average Bonchev–Trinajstić information content (AvgIpc) is 3.70. The average molecular weight is 553 g/mol. The van der Waals surface area contributed by atoms with Crippen LogP contribution in [0.4, 0.5) is 11.4 Å². The molecule has 0 fully saturated rings. The van der Waals surface area contributed by atoms with Crippen molar-refractivity contribution in [2.24, 2.45) is 7.05 Å². The summed E-state index contributed by atoms with van der Waals surface area (Å²) in [4.78, 5) is 44.8. The van der Waals surface area contributed by atoms with Gasteiger partial charge in [0.05, 0.1) is 29.3 Å². The quantitative estimate of drug-likeness (QED) is 0.186. The van der Waals surface area contributed by atoms with Crippen molar-refractivity contribution < 1.29 is 24.0 Å². The molecular formula is C29H24N6O6. The number of anilines is 1. The number of hydrogen-bond donors (Lipinski definition) is 3. The first-order chi connectivity index (χ1) is 19.9. The maximum atomic E-state index is 13.3. The third-order valence-corrected chi connectivity index (χ3v) is 6.84. The summed E-state index contributed by atoms with van der Waals surface area (Å²) in [5.74, 6) is 0.804. The lowest BCUT2D eigenvalue weighted by molar-refractivity contribution is -0.384. The highest BCUT2D eigenvalue weighted by Gasteiger charge is 2.26. The number of nitrogens with zero attached hydrogens (tertiary/aromatic N) is 3. The second-order valence-electron chi connectivity index (χ2n) is 9.48. The van der Waals surface area contributed by atoms with E-state index in [1.807, 2.05) is 24.3 Å². The van der Waals surface area contributed by atoms with Crippen LogP contribution in [0.3, 0.4) is 0 Å². The number of amides is 2. The fourth-order valence-electron chi connectivity index (χ4n) is 4.78. The predicted molar refractivity (Wildman–Crippen MR) is 150 cm³/mol. The van der Waals surface area contributed by atoms with Gasteiger partial charge < -0.3 is 29.7 Å². The van der Waals surface area contributed by atoms with Gasteiger partial charge in [0, 0.05) is 47.4 Å². The van der Waals surface area contributed by atoms with Gasteiger partial charge in [0.25, 0.3) is 11.6 Å². The largest absolute Gasteiger partial charge is 0.454 e. The van der Waals surface area contributed by atoms with Crippen LogP contribution in [0.15, 0.2) is 79.0 Å². The lowest BCUT2D eigenvalue weighted by atomic mass is 10.1. The van der Waals surface area contributed by atoms with Gasteiger partial charge in [-0.2, -0.15) is 0 Å². The van der Waals surface area contributed by atoms with E-state index in [0.717, 1.165) is 10.9 Å². The second kappa shape index (κ2) is 10.5. The molecule has 1 atom stereocenters. The van der Waals surface area contributed by atoms with Gasteiger partial charge in [0.2, 0.25) is 12.7 Å². The fraction of sp³-hybridized carbons (Fsp3) is 0.138. The van der Waals surface area contributed by atoms with E-state index in [2.05, 4.69) is 20.6 Å². The number of carbonyl (C=O) groups is 2. The second-order valence-corrected chi connectivity index (χ2v) is 9.48. The van der Waals surface area contributed by atoms with Gasteiger partial charge in [-0.3, -0.25) is 19.7 Å². The number of rotatable bonds is 8. The van der Waals surface area contributed by atoms with Crippen LogP contribution in [0.2, 0.25) is 0 Å². The Morgan fingerprint density at radius 1 is 1.07 bits per heavy atom. The molecule has 2 aromatic heterocycles. The highest BCUT2D eigenvalue weighted by atomic mass is 16.7. The van der Waals surface area contributed by atoms with Crippen LogP contribution in [-0.4, -0.2) is 38.1 Å². The van der Waals surface area contributed by atoms with Gasteiger partial charge in [0.15, 0.2) is 11.5 Å². The molecule has 0 radical (unpaired) electrons. The third-order valence-electron chi connectivity index (χ3n) is 6.84. The normalized spacial score (nSPS) is 12.7. The minimum atomic E-state index is -0.806. The van der Waals surface area contributed by atoms with E-state index in [-0.39, 0.29) is 24.8 Å². The zero-order valence-electron chi connectivity index (χ0n) is 21.8. The molecule has 0 unspecified atom stereocenters. The first kappa shape index (κ1) is 25.6. The number of non-ortho nitro benzene ring substituents is 1. The molecule has 12 heteroatoms. The summed E-state index contributed by atoms with van der Waals surface area (Å²) in [6.45, 7) is 0.116. The molecule has 0 aliphatic carbocycles. The van der Waals surface area contributed by atoms with Crippen LogP contribution in [0, 0.1) is 10.1 Å². The Kier molecular flexibility index (Phi) is 6.55. The molecule has 3 heterocycles. The summed E-state index contributed by atoms with van der Waals surface area (Å²) in [6, 6.07) is 19.6. The van der Waals surface area contributed by atoms with Crippen molar-refractivity contribution in [1.82, 2.24) is 19.9 Å². The number of nitro benzene ring substituents is 1. The van der Waals surface area contributed by atoms with Crippen LogP contribution in [0.1, 0.15) is 28.8 Å². The predicted octanol–water partition coefficient (Wildman–Crippen LogP) is 4.71.